The van der Waals surface area contributed by atoms with Crippen molar-refractivity contribution in [3.63, 3.8) is 0 Å². The van der Waals surface area contributed by atoms with Gasteiger partial charge in [0.15, 0.2) is 0 Å². The van der Waals surface area contributed by atoms with Gasteiger partial charge in [0, 0.05) is 12.7 Å². The zero-order valence-corrected chi connectivity index (χ0v) is 10.5. The van der Waals surface area contributed by atoms with Crippen molar-refractivity contribution >= 4 is 21.9 Å². The third-order valence-electron chi connectivity index (χ3n) is 2.37. The minimum Gasteiger partial charge on any atom is -0.481 e. The summed E-state index contributed by atoms with van der Waals surface area (Å²) in [5.74, 6) is -0.746. The quantitative estimate of drug-likeness (QED) is 0.898. The summed E-state index contributed by atoms with van der Waals surface area (Å²) in [5.41, 5.74) is -0.648. The number of hydrogen-bond donors (Lipinski definition) is 1. The summed E-state index contributed by atoms with van der Waals surface area (Å²) in [5, 5.41) is 13.0. The van der Waals surface area contributed by atoms with Gasteiger partial charge in [0.2, 0.25) is 0 Å². The lowest BCUT2D eigenvalue weighted by Crippen LogP contribution is -2.23. The van der Waals surface area contributed by atoms with Crippen molar-refractivity contribution in [1.82, 2.24) is 9.78 Å². The van der Waals surface area contributed by atoms with Crippen LogP contribution in [0.25, 0.3) is 0 Å². The molecule has 4 nitrogen and oxygen atoms in total. The molecule has 1 N–H and O–H groups in total. The summed E-state index contributed by atoms with van der Waals surface area (Å²) < 4.78 is 2.75. The average Bonchev–Trinajstić information content (AvgIpc) is 2.51. The van der Waals surface area contributed by atoms with Gasteiger partial charge in [0.1, 0.15) is 0 Å². The average molecular weight is 275 g/mol. The number of hydrogen-bond acceptors (Lipinski definition) is 2. The molecule has 0 aromatic carbocycles. The van der Waals surface area contributed by atoms with Gasteiger partial charge in [-0.25, -0.2) is 0 Å². The van der Waals surface area contributed by atoms with E-state index in [-0.39, 0.29) is 0 Å². The third kappa shape index (κ3) is 3.66. The summed E-state index contributed by atoms with van der Waals surface area (Å²) in [4.78, 5) is 10.8. The van der Waals surface area contributed by atoms with E-state index < -0.39 is 11.4 Å². The Morgan fingerprint density at radius 1 is 1.67 bits per heavy atom. The minimum absolute atomic E-state index is 0.648. The molecule has 0 spiro atoms. The van der Waals surface area contributed by atoms with Crippen LogP contribution in [-0.4, -0.2) is 20.9 Å². The van der Waals surface area contributed by atoms with Crippen molar-refractivity contribution in [3.05, 3.63) is 16.9 Å². The highest BCUT2D eigenvalue weighted by Gasteiger charge is 2.26. The highest BCUT2D eigenvalue weighted by Crippen LogP contribution is 2.22. The molecule has 0 aliphatic carbocycles. The van der Waals surface area contributed by atoms with Crippen LogP contribution < -0.4 is 0 Å². The van der Waals surface area contributed by atoms with Crippen molar-refractivity contribution in [3.8, 4) is 0 Å². The van der Waals surface area contributed by atoms with E-state index in [9.17, 15) is 4.79 Å². The molecule has 0 atom stereocenters. The molecule has 84 valence electrons. The molecule has 0 aliphatic heterocycles. The molecule has 0 unspecified atom stereocenters. The number of carboxylic acids is 1. The van der Waals surface area contributed by atoms with Crippen LogP contribution in [0.1, 0.15) is 26.7 Å². The van der Waals surface area contributed by atoms with Gasteiger partial charge < -0.3 is 5.11 Å². The lowest BCUT2D eigenvalue weighted by atomic mass is 9.88. The van der Waals surface area contributed by atoms with Crippen molar-refractivity contribution in [2.45, 2.75) is 33.2 Å². The highest BCUT2D eigenvalue weighted by molar-refractivity contribution is 9.10. The Bertz CT molecular complexity index is 347. The van der Waals surface area contributed by atoms with E-state index in [1.807, 2.05) is 10.9 Å². The molecule has 0 amide bonds. The van der Waals surface area contributed by atoms with Crippen molar-refractivity contribution in [2.75, 3.05) is 0 Å². The Kier molecular flexibility index (Phi) is 3.90. The lowest BCUT2D eigenvalue weighted by Gasteiger charge is -2.18. The van der Waals surface area contributed by atoms with Crippen molar-refractivity contribution in [1.29, 1.82) is 0 Å². The Morgan fingerprint density at radius 3 is 2.80 bits per heavy atom. The summed E-state index contributed by atoms with van der Waals surface area (Å²) >= 11 is 3.31. The fourth-order valence-corrected chi connectivity index (χ4v) is 1.58. The molecule has 0 fully saturated rings. The van der Waals surface area contributed by atoms with Gasteiger partial charge in [-0.1, -0.05) is 0 Å². The molecule has 0 saturated carbocycles. The SMILES string of the molecule is CC(C)(CCCn1cc(Br)cn1)C(=O)O. The summed E-state index contributed by atoms with van der Waals surface area (Å²) in [6.45, 7) is 4.24. The lowest BCUT2D eigenvalue weighted by molar-refractivity contribution is -0.147. The van der Waals surface area contributed by atoms with Crippen LogP contribution in [0.5, 0.6) is 0 Å². The number of rotatable bonds is 5. The zero-order valence-electron chi connectivity index (χ0n) is 8.90. The van der Waals surface area contributed by atoms with Gasteiger partial charge in [-0.2, -0.15) is 5.10 Å². The largest absolute Gasteiger partial charge is 0.481 e. The smallest absolute Gasteiger partial charge is 0.309 e. The van der Waals surface area contributed by atoms with Crippen molar-refractivity contribution < 1.29 is 9.90 Å². The van der Waals surface area contributed by atoms with Gasteiger partial charge in [0.05, 0.1) is 16.1 Å². The fraction of sp³-hybridized carbons (Fsp3) is 0.600. The first kappa shape index (κ1) is 12.2. The monoisotopic (exact) mass is 274 g/mol. The molecule has 15 heavy (non-hydrogen) atoms. The normalized spacial score (nSPS) is 11.7. The summed E-state index contributed by atoms with van der Waals surface area (Å²) in [6.07, 6.45) is 5.07. The third-order valence-corrected chi connectivity index (χ3v) is 2.78. The molecule has 1 aromatic heterocycles. The van der Waals surface area contributed by atoms with Gasteiger partial charge >= 0.3 is 5.97 Å². The Morgan fingerprint density at radius 2 is 2.33 bits per heavy atom. The predicted octanol–water partition coefficient (Wildman–Crippen LogP) is 2.54. The Hall–Kier alpha value is -0.840. The van der Waals surface area contributed by atoms with Crippen LogP contribution in [0.2, 0.25) is 0 Å². The number of aromatic nitrogens is 2. The molecule has 1 aromatic rings. The standard InChI is InChI=1S/C10H15BrN2O2/c1-10(2,9(14)15)4-3-5-13-7-8(11)6-12-13/h6-7H,3-5H2,1-2H3,(H,14,15). The van der Waals surface area contributed by atoms with Gasteiger partial charge in [0.25, 0.3) is 0 Å². The van der Waals surface area contributed by atoms with E-state index in [1.165, 1.54) is 0 Å². The first-order valence-corrected chi connectivity index (χ1v) is 5.62. The van der Waals surface area contributed by atoms with Crippen LogP contribution in [0.15, 0.2) is 16.9 Å². The van der Waals surface area contributed by atoms with Crippen molar-refractivity contribution in [2.24, 2.45) is 5.41 Å². The highest BCUT2D eigenvalue weighted by atomic mass is 79.9. The fourth-order valence-electron chi connectivity index (χ4n) is 1.25. The van der Waals surface area contributed by atoms with Gasteiger partial charge in [-0.05, 0) is 42.6 Å². The Labute approximate surface area is 97.4 Å². The number of halogens is 1. The first-order chi connectivity index (χ1) is 6.92. The van der Waals surface area contributed by atoms with Crippen LogP contribution in [0, 0.1) is 5.41 Å². The van der Waals surface area contributed by atoms with Crippen LogP contribution >= 0.6 is 15.9 Å². The molecule has 1 rings (SSSR count). The van der Waals surface area contributed by atoms with Crippen LogP contribution in [0.4, 0.5) is 0 Å². The second kappa shape index (κ2) is 4.79. The zero-order chi connectivity index (χ0) is 11.5. The number of nitrogens with zero attached hydrogens (tertiary/aromatic N) is 2. The summed E-state index contributed by atoms with van der Waals surface area (Å²) in [6, 6.07) is 0. The maximum atomic E-state index is 10.8. The number of aryl methyl sites for hydroxylation is 1. The molecule has 0 bridgehead atoms. The first-order valence-electron chi connectivity index (χ1n) is 4.83. The Balaban J connectivity index is 2.36. The van der Waals surface area contributed by atoms with E-state index in [0.717, 1.165) is 17.4 Å². The minimum atomic E-state index is -0.746. The second-order valence-electron chi connectivity index (χ2n) is 4.21. The molecule has 1 heterocycles. The molecular weight excluding hydrogens is 260 g/mol. The van der Waals surface area contributed by atoms with Gasteiger partial charge in [-0.15, -0.1) is 0 Å². The topological polar surface area (TPSA) is 55.1 Å². The van der Waals surface area contributed by atoms with Gasteiger partial charge in [-0.3, -0.25) is 9.48 Å². The molecule has 0 aliphatic rings. The number of aliphatic carboxylic acids is 1. The molecule has 5 heteroatoms. The number of carboxylic acid groups (broad SMARTS) is 1. The number of carbonyl (C=O) groups is 1. The summed E-state index contributed by atoms with van der Waals surface area (Å²) in [7, 11) is 0. The van der Waals surface area contributed by atoms with E-state index in [2.05, 4.69) is 21.0 Å². The maximum absolute atomic E-state index is 10.8. The maximum Gasteiger partial charge on any atom is 0.309 e. The van der Waals surface area contributed by atoms with E-state index in [1.54, 1.807) is 20.0 Å². The molecule has 0 radical (unpaired) electrons. The van der Waals surface area contributed by atoms with E-state index >= 15 is 0 Å². The van der Waals surface area contributed by atoms with Crippen LogP contribution in [-0.2, 0) is 11.3 Å². The van der Waals surface area contributed by atoms with Crippen LogP contribution in [0.3, 0.4) is 0 Å². The molecule has 0 saturated heterocycles. The second-order valence-corrected chi connectivity index (χ2v) is 5.13. The van der Waals surface area contributed by atoms with E-state index in [0.29, 0.717) is 6.42 Å². The van der Waals surface area contributed by atoms with E-state index in [4.69, 9.17) is 5.11 Å². The molecular formula is C10H15BrN2O2. The predicted molar refractivity (Wildman–Crippen MR) is 60.6 cm³/mol.